The summed E-state index contributed by atoms with van der Waals surface area (Å²) < 4.78 is 34.7. The minimum absolute atomic E-state index is 0.00121. The van der Waals surface area contributed by atoms with Crippen LogP contribution in [0, 0.1) is 0 Å². The number of methoxy groups -OCH3 is 3. The molecule has 60 heavy (non-hydrogen) atoms. The Bertz CT molecular complexity index is 2290. The zero-order chi connectivity index (χ0) is 42.0. The maximum absolute atomic E-state index is 13.8. The Kier molecular flexibility index (Phi) is 13.5. The van der Waals surface area contributed by atoms with Crippen molar-refractivity contribution in [2.45, 2.75) is 37.8 Å². The lowest BCUT2D eigenvalue weighted by atomic mass is 10.0. The number of fused-ring (bicyclic) bond motifs is 2. The fraction of sp³-hybridized carbons (Fsp3) is 0.319. The van der Waals surface area contributed by atoms with Crippen LogP contribution in [0.15, 0.2) is 95.2 Å². The summed E-state index contributed by atoms with van der Waals surface area (Å²) in [6, 6.07) is 22.6. The Morgan fingerprint density at radius 2 is 1.42 bits per heavy atom. The topological polar surface area (TPSA) is 133 Å². The molecule has 7 rings (SSSR count). The van der Waals surface area contributed by atoms with Crippen LogP contribution in [-0.4, -0.2) is 108 Å². The SMILES string of the molecule is CNCCCOc1ccc(C2=CN(C)C(/C=N\c3cc(OCCCOc4cc5c(cc4OC)C(=O)N4C=C(c6ccc(OC)cc6)CC4C=N5)c(OC)cc3C=O)C2)cc1. The maximum Gasteiger partial charge on any atom is 0.260 e. The third-order valence-electron chi connectivity index (χ3n) is 10.7. The summed E-state index contributed by atoms with van der Waals surface area (Å²) in [6.45, 7) is 2.17. The molecule has 0 radical (unpaired) electrons. The van der Waals surface area contributed by atoms with Crippen molar-refractivity contribution in [2.24, 2.45) is 9.98 Å². The van der Waals surface area contributed by atoms with Gasteiger partial charge in [0.1, 0.15) is 11.5 Å². The zero-order valence-corrected chi connectivity index (χ0v) is 34.7. The number of aliphatic imine (C=N–C) groups is 2. The molecule has 0 saturated carbocycles. The van der Waals surface area contributed by atoms with Crippen LogP contribution < -0.4 is 33.7 Å². The highest BCUT2D eigenvalue weighted by molar-refractivity contribution is 6.05. The summed E-state index contributed by atoms with van der Waals surface area (Å²) in [5.41, 5.74) is 6.21. The second-order valence-electron chi connectivity index (χ2n) is 14.6. The minimum atomic E-state index is -0.208. The number of benzene rings is 4. The van der Waals surface area contributed by atoms with E-state index in [0.29, 0.717) is 78.2 Å². The van der Waals surface area contributed by atoms with E-state index in [1.54, 1.807) is 43.4 Å². The predicted octanol–water partition coefficient (Wildman–Crippen LogP) is 7.78. The molecule has 2 unspecified atom stereocenters. The highest BCUT2D eigenvalue weighted by atomic mass is 16.5. The number of hydrogen-bond acceptors (Lipinski definition) is 12. The maximum atomic E-state index is 13.8. The van der Waals surface area contributed by atoms with Crippen LogP contribution in [0.3, 0.4) is 0 Å². The Balaban J connectivity index is 0.949. The van der Waals surface area contributed by atoms with Gasteiger partial charge in [0.15, 0.2) is 29.3 Å². The average molecular weight is 814 g/mol. The van der Waals surface area contributed by atoms with Crippen molar-refractivity contribution >= 4 is 47.1 Å². The molecule has 312 valence electrons. The normalized spacial score (nSPS) is 16.9. The molecule has 4 aromatic rings. The van der Waals surface area contributed by atoms with E-state index in [-0.39, 0.29) is 18.0 Å². The smallest absolute Gasteiger partial charge is 0.260 e. The number of nitrogens with one attached hydrogen (secondary N) is 1. The van der Waals surface area contributed by atoms with E-state index in [1.807, 2.05) is 69.1 Å². The van der Waals surface area contributed by atoms with E-state index in [2.05, 4.69) is 28.5 Å². The number of carbonyl (C=O) groups is 2. The van der Waals surface area contributed by atoms with Gasteiger partial charge >= 0.3 is 0 Å². The molecule has 13 nitrogen and oxygen atoms in total. The Morgan fingerprint density at radius 1 is 0.767 bits per heavy atom. The van der Waals surface area contributed by atoms with Crippen molar-refractivity contribution in [3.8, 4) is 34.5 Å². The van der Waals surface area contributed by atoms with E-state index >= 15 is 0 Å². The van der Waals surface area contributed by atoms with E-state index in [0.717, 1.165) is 53.9 Å². The number of carbonyl (C=O) groups excluding carboxylic acids is 2. The monoisotopic (exact) mass is 813 g/mol. The molecule has 4 aromatic carbocycles. The molecular formula is C47H51N5O8. The van der Waals surface area contributed by atoms with E-state index in [9.17, 15) is 9.59 Å². The van der Waals surface area contributed by atoms with Crippen molar-refractivity contribution in [3.63, 3.8) is 0 Å². The van der Waals surface area contributed by atoms with Gasteiger partial charge in [-0.25, -0.2) is 0 Å². The summed E-state index contributed by atoms with van der Waals surface area (Å²) in [6.07, 6.45) is 11.3. The van der Waals surface area contributed by atoms with E-state index in [1.165, 1.54) is 12.7 Å². The standard InChI is InChI=1S/C47H51N5O8/c1-48-16-6-17-58-39-14-10-31(11-15-39)33-20-36(51(2)28-33)26-49-41-24-45(43(56-4)22-35(41)30-53)59-18-7-19-60-46-25-42-40(23-44(46)57-5)47(54)52-29-34(21-37(52)27-50-42)32-8-12-38(55-3)13-9-32/h8-15,22-30,36-37,48H,6-7,16-21H2,1-5H3/b49-26-. The van der Waals surface area contributed by atoms with Crippen molar-refractivity contribution in [3.05, 3.63) is 107 Å². The number of ether oxygens (including phenoxy) is 6. The molecule has 2 atom stereocenters. The molecule has 3 heterocycles. The van der Waals surface area contributed by atoms with Gasteiger partial charge < -0.3 is 43.5 Å². The molecule has 0 fully saturated rings. The predicted molar refractivity (Wildman–Crippen MR) is 233 cm³/mol. The summed E-state index contributed by atoms with van der Waals surface area (Å²) in [5.74, 6) is 3.25. The van der Waals surface area contributed by atoms with Gasteiger partial charge in [-0.05, 0) is 85.1 Å². The molecule has 1 N–H and O–H groups in total. The number of rotatable bonds is 19. The quantitative estimate of drug-likeness (QED) is 0.0569. The molecule has 13 heteroatoms. The number of amides is 1. The summed E-state index contributed by atoms with van der Waals surface area (Å²) >= 11 is 0. The molecule has 0 saturated heterocycles. The van der Waals surface area contributed by atoms with Crippen LogP contribution in [0.25, 0.3) is 11.1 Å². The first-order chi connectivity index (χ1) is 29.3. The summed E-state index contributed by atoms with van der Waals surface area (Å²) in [4.78, 5) is 39.2. The first-order valence-corrected chi connectivity index (χ1v) is 20.0. The number of nitrogens with zero attached hydrogens (tertiary/aromatic N) is 4. The molecule has 3 aliphatic rings. The second-order valence-corrected chi connectivity index (χ2v) is 14.6. The van der Waals surface area contributed by atoms with Crippen molar-refractivity contribution < 1.29 is 38.0 Å². The fourth-order valence-electron chi connectivity index (χ4n) is 7.33. The molecule has 1 amide bonds. The van der Waals surface area contributed by atoms with Crippen LogP contribution in [0.4, 0.5) is 11.4 Å². The molecule has 0 bridgehead atoms. The molecule has 0 aliphatic carbocycles. The number of aldehydes is 1. The van der Waals surface area contributed by atoms with Crippen LogP contribution in [-0.2, 0) is 0 Å². The Morgan fingerprint density at radius 3 is 2.08 bits per heavy atom. The average Bonchev–Trinajstić information content (AvgIpc) is 3.86. The highest BCUT2D eigenvalue weighted by Crippen LogP contribution is 2.40. The van der Waals surface area contributed by atoms with Crippen molar-refractivity contribution in [1.82, 2.24) is 15.1 Å². The lowest BCUT2D eigenvalue weighted by Crippen LogP contribution is -2.32. The summed E-state index contributed by atoms with van der Waals surface area (Å²) in [7, 11) is 8.66. The molecule has 0 spiro atoms. The third kappa shape index (κ3) is 9.47. The molecule has 0 aromatic heterocycles. The van der Waals surface area contributed by atoms with Crippen molar-refractivity contribution in [1.29, 1.82) is 0 Å². The first kappa shape index (κ1) is 41.6. The van der Waals surface area contributed by atoms with Gasteiger partial charge in [-0.15, -0.1) is 0 Å². The van der Waals surface area contributed by atoms with Crippen molar-refractivity contribution in [2.75, 3.05) is 61.8 Å². The lowest BCUT2D eigenvalue weighted by Gasteiger charge is -2.19. The second kappa shape index (κ2) is 19.4. The van der Waals surface area contributed by atoms with Crippen LogP contribution in [0.2, 0.25) is 0 Å². The van der Waals surface area contributed by atoms with Gasteiger partial charge in [-0.3, -0.25) is 19.6 Å². The summed E-state index contributed by atoms with van der Waals surface area (Å²) in [5, 5.41) is 3.13. The van der Waals surface area contributed by atoms with Crippen LogP contribution in [0.5, 0.6) is 34.5 Å². The molecular weight excluding hydrogens is 763 g/mol. The van der Waals surface area contributed by atoms with Gasteiger partial charge in [0, 0.05) is 62.4 Å². The zero-order valence-electron chi connectivity index (χ0n) is 34.7. The third-order valence-corrected chi connectivity index (χ3v) is 10.7. The number of hydrogen-bond donors (Lipinski definition) is 1. The van der Waals surface area contributed by atoms with Gasteiger partial charge in [-0.1, -0.05) is 24.3 Å². The largest absolute Gasteiger partial charge is 0.497 e. The van der Waals surface area contributed by atoms with Crippen LogP contribution in [0.1, 0.15) is 57.5 Å². The van der Waals surface area contributed by atoms with Gasteiger partial charge in [-0.2, -0.15) is 0 Å². The van der Waals surface area contributed by atoms with Crippen LogP contribution >= 0.6 is 0 Å². The first-order valence-electron chi connectivity index (χ1n) is 20.0. The van der Waals surface area contributed by atoms with Gasteiger partial charge in [0.05, 0.1) is 70.2 Å². The fourth-order valence-corrected chi connectivity index (χ4v) is 7.33. The Labute approximate surface area is 350 Å². The highest BCUT2D eigenvalue weighted by Gasteiger charge is 2.33. The van der Waals surface area contributed by atoms with Gasteiger partial charge in [0.25, 0.3) is 5.91 Å². The minimum Gasteiger partial charge on any atom is -0.497 e. The van der Waals surface area contributed by atoms with E-state index in [4.69, 9.17) is 38.4 Å². The lowest BCUT2D eigenvalue weighted by molar-refractivity contribution is 0.0817. The Hall–Kier alpha value is -6.60. The molecule has 3 aliphatic heterocycles. The van der Waals surface area contributed by atoms with E-state index < -0.39 is 0 Å². The van der Waals surface area contributed by atoms with Gasteiger partial charge in [0.2, 0.25) is 0 Å².